The van der Waals surface area contributed by atoms with Gasteiger partial charge in [-0.05, 0) is 60.8 Å². The maximum Gasteiger partial charge on any atom is 0.127 e. The number of hydrogen-bond donors (Lipinski definition) is 1. The average molecular weight is 287 g/mol. The summed E-state index contributed by atoms with van der Waals surface area (Å²) in [5.74, 6) is 0.678. The molecule has 1 N–H and O–H groups in total. The molecule has 0 unspecified atom stereocenters. The molecule has 0 bridgehead atoms. The molecule has 0 amide bonds. The molecule has 2 aromatic carbocycles. The van der Waals surface area contributed by atoms with E-state index in [4.69, 9.17) is 4.74 Å². The summed E-state index contributed by atoms with van der Waals surface area (Å²) in [5.41, 5.74) is 3.96. The van der Waals surface area contributed by atoms with Crippen molar-refractivity contribution in [2.75, 3.05) is 13.7 Å². The number of ether oxygens (including phenoxy) is 1. The van der Waals surface area contributed by atoms with E-state index in [1.54, 1.807) is 13.2 Å². The zero-order valence-electron chi connectivity index (χ0n) is 12.9. The van der Waals surface area contributed by atoms with E-state index < -0.39 is 0 Å². The first-order valence-electron chi connectivity index (χ1n) is 7.30. The van der Waals surface area contributed by atoms with Crippen LogP contribution in [-0.4, -0.2) is 13.7 Å². The number of hydrogen-bond acceptors (Lipinski definition) is 2. The van der Waals surface area contributed by atoms with E-state index >= 15 is 0 Å². The molecule has 0 radical (unpaired) electrons. The molecular weight excluding hydrogens is 265 g/mol. The second kappa shape index (κ2) is 7.23. The smallest absolute Gasteiger partial charge is 0.127 e. The van der Waals surface area contributed by atoms with Crippen LogP contribution >= 0.6 is 0 Å². The molecule has 0 aliphatic rings. The van der Waals surface area contributed by atoms with E-state index in [2.05, 4.69) is 12.2 Å². The summed E-state index contributed by atoms with van der Waals surface area (Å²) >= 11 is 0. The molecule has 2 rings (SSSR count). The third-order valence-electron chi connectivity index (χ3n) is 3.53. The van der Waals surface area contributed by atoms with Crippen molar-refractivity contribution < 1.29 is 9.13 Å². The van der Waals surface area contributed by atoms with Crippen molar-refractivity contribution in [1.82, 2.24) is 5.32 Å². The number of halogens is 1. The van der Waals surface area contributed by atoms with Crippen LogP contribution in [0, 0.1) is 12.7 Å². The van der Waals surface area contributed by atoms with Crippen molar-refractivity contribution in [2.24, 2.45) is 0 Å². The van der Waals surface area contributed by atoms with Crippen LogP contribution in [0.15, 0.2) is 36.4 Å². The van der Waals surface area contributed by atoms with Gasteiger partial charge in [-0.2, -0.15) is 0 Å². The van der Waals surface area contributed by atoms with Crippen LogP contribution in [-0.2, 0) is 6.54 Å². The number of aryl methyl sites for hydroxylation is 1. The molecule has 21 heavy (non-hydrogen) atoms. The largest absolute Gasteiger partial charge is 0.497 e. The fourth-order valence-corrected chi connectivity index (χ4v) is 2.36. The van der Waals surface area contributed by atoms with Crippen LogP contribution in [0.5, 0.6) is 5.75 Å². The van der Waals surface area contributed by atoms with E-state index in [0.29, 0.717) is 12.1 Å². The monoisotopic (exact) mass is 287 g/mol. The number of methoxy groups -OCH3 is 1. The first-order valence-corrected chi connectivity index (χ1v) is 7.30. The highest BCUT2D eigenvalue weighted by Crippen LogP contribution is 2.28. The Hall–Kier alpha value is -1.87. The van der Waals surface area contributed by atoms with Crippen molar-refractivity contribution in [2.45, 2.75) is 26.8 Å². The second-order valence-corrected chi connectivity index (χ2v) is 5.16. The van der Waals surface area contributed by atoms with Crippen LogP contribution in [0.25, 0.3) is 11.1 Å². The van der Waals surface area contributed by atoms with Crippen molar-refractivity contribution in [3.05, 3.63) is 53.3 Å². The molecule has 0 spiro atoms. The van der Waals surface area contributed by atoms with E-state index in [0.717, 1.165) is 35.4 Å². The molecule has 0 aliphatic carbocycles. The first-order chi connectivity index (χ1) is 10.2. The molecule has 0 atom stereocenters. The first kappa shape index (κ1) is 15.5. The SMILES string of the molecule is CCCNCc1cc(-c2ccc(OC)cc2C)ccc1F. The topological polar surface area (TPSA) is 21.3 Å². The fourth-order valence-electron chi connectivity index (χ4n) is 2.36. The summed E-state index contributed by atoms with van der Waals surface area (Å²) in [7, 11) is 1.66. The summed E-state index contributed by atoms with van der Waals surface area (Å²) in [4.78, 5) is 0. The Morgan fingerprint density at radius 3 is 2.62 bits per heavy atom. The lowest BCUT2D eigenvalue weighted by Gasteiger charge is -2.11. The van der Waals surface area contributed by atoms with Crippen LogP contribution in [0.1, 0.15) is 24.5 Å². The molecular formula is C18H22FNO. The Morgan fingerprint density at radius 2 is 1.95 bits per heavy atom. The Kier molecular flexibility index (Phi) is 5.34. The van der Waals surface area contributed by atoms with Crippen molar-refractivity contribution in [3.8, 4) is 16.9 Å². The highest BCUT2D eigenvalue weighted by molar-refractivity contribution is 5.68. The quantitative estimate of drug-likeness (QED) is 0.799. The minimum atomic E-state index is -0.159. The molecule has 0 saturated heterocycles. The van der Waals surface area contributed by atoms with Crippen molar-refractivity contribution in [3.63, 3.8) is 0 Å². The van der Waals surface area contributed by atoms with Gasteiger partial charge in [0.2, 0.25) is 0 Å². The lowest BCUT2D eigenvalue weighted by atomic mass is 9.98. The van der Waals surface area contributed by atoms with Crippen LogP contribution in [0.4, 0.5) is 4.39 Å². The fraction of sp³-hybridized carbons (Fsp3) is 0.333. The molecule has 112 valence electrons. The highest BCUT2D eigenvalue weighted by atomic mass is 19.1. The molecule has 0 saturated carbocycles. The second-order valence-electron chi connectivity index (χ2n) is 5.16. The molecule has 3 heteroatoms. The van der Waals surface area contributed by atoms with Crippen LogP contribution in [0.2, 0.25) is 0 Å². The van der Waals surface area contributed by atoms with Gasteiger partial charge >= 0.3 is 0 Å². The number of rotatable bonds is 6. The third kappa shape index (κ3) is 3.82. The molecule has 0 aliphatic heterocycles. The number of benzene rings is 2. The molecule has 2 nitrogen and oxygen atoms in total. The van der Waals surface area contributed by atoms with E-state index in [1.807, 2.05) is 37.3 Å². The van der Waals surface area contributed by atoms with E-state index in [9.17, 15) is 4.39 Å². The van der Waals surface area contributed by atoms with Crippen LogP contribution in [0.3, 0.4) is 0 Å². The minimum Gasteiger partial charge on any atom is -0.497 e. The van der Waals surface area contributed by atoms with Gasteiger partial charge in [0, 0.05) is 12.1 Å². The third-order valence-corrected chi connectivity index (χ3v) is 3.53. The van der Waals surface area contributed by atoms with Gasteiger partial charge in [0.25, 0.3) is 0 Å². The summed E-state index contributed by atoms with van der Waals surface area (Å²) in [5, 5.41) is 3.24. The van der Waals surface area contributed by atoms with E-state index in [1.165, 1.54) is 0 Å². The van der Waals surface area contributed by atoms with Gasteiger partial charge in [-0.1, -0.05) is 19.1 Å². The van der Waals surface area contributed by atoms with Gasteiger partial charge in [-0.3, -0.25) is 0 Å². The van der Waals surface area contributed by atoms with Gasteiger partial charge in [0.1, 0.15) is 11.6 Å². The van der Waals surface area contributed by atoms with Gasteiger partial charge in [-0.25, -0.2) is 4.39 Å². The Morgan fingerprint density at radius 1 is 1.14 bits per heavy atom. The maximum absolute atomic E-state index is 13.9. The summed E-state index contributed by atoms with van der Waals surface area (Å²) in [6.07, 6.45) is 1.04. The van der Waals surface area contributed by atoms with Gasteiger partial charge in [-0.15, -0.1) is 0 Å². The van der Waals surface area contributed by atoms with Crippen LogP contribution < -0.4 is 10.1 Å². The zero-order chi connectivity index (χ0) is 15.2. The molecule has 0 aromatic heterocycles. The molecule has 0 heterocycles. The predicted molar refractivity (Wildman–Crippen MR) is 85.1 cm³/mol. The normalized spacial score (nSPS) is 10.7. The Balaban J connectivity index is 2.29. The lowest BCUT2D eigenvalue weighted by Crippen LogP contribution is -2.14. The van der Waals surface area contributed by atoms with Crippen molar-refractivity contribution in [1.29, 1.82) is 0 Å². The number of nitrogens with one attached hydrogen (secondary N) is 1. The summed E-state index contributed by atoms with van der Waals surface area (Å²) in [6.45, 7) is 5.59. The highest BCUT2D eigenvalue weighted by Gasteiger charge is 2.08. The maximum atomic E-state index is 13.9. The van der Waals surface area contributed by atoms with E-state index in [-0.39, 0.29) is 5.82 Å². The Labute approximate surface area is 126 Å². The van der Waals surface area contributed by atoms with Gasteiger partial charge < -0.3 is 10.1 Å². The molecule has 0 fully saturated rings. The van der Waals surface area contributed by atoms with Gasteiger partial charge in [0.05, 0.1) is 7.11 Å². The zero-order valence-corrected chi connectivity index (χ0v) is 12.9. The van der Waals surface area contributed by atoms with Crippen molar-refractivity contribution >= 4 is 0 Å². The predicted octanol–water partition coefficient (Wildman–Crippen LogP) is 4.31. The standard InChI is InChI=1S/C18H22FNO/c1-4-9-20-12-15-11-14(5-8-18(15)19)17-7-6-16(21-3)10-13(17)2/h5-8,10-11,20H,4,9,12H2,1-3H3. The summed E-state index contributed by atoms with van der Waals surface area (Å²) < 4.78 is 19.1. The summed E-state index contributed by atoms with van der Waals surface area (Å²) in [6, 6.07) is 11.2. The molecule has 2 aromatic rings. The van der Waals surface area contributed by atoms with Gasteiger partial charge in [0.15, 0.2) is 0 Å². The Bertz CT molecular complexity index is 610. The lowest BCUT2D eigenvalue weighted by molar-refractivity contribution is 0.414. The minimum absolute atomic E-state index is 0.159. The average Bonchev–Trinajstić information content (AvgIpc) is 2.49.